The molecule has 0 aromatic rings. The maximum atomic E-state index is 6.42. The number of nitrogens with two attached hydrogens (primary N) is 1. The fourth-order valence-corrected chi connectivity index (χ4v) is 6.06. The summed E-state index contributed by atoms with van der Waals surface area (Å²) in [5, 5.41) is 0. The number of methoxy groups -OCH3 is 1. The first-order valence-electron chi connectivity index (χ1n) is 8.57. The lowest BCUT2D eigenvalue weighted by atomic mass is 9.48. The average molecular weight is 280 g/mol. The van der Waals surface area contributed by atoms with Crippen molar-refractivity contribution < 1.29 is 4.74 Å². The molecule has 4 rings (SSSR count). The van der Waals surface area contributed by atoms with E-state index in [1.807, 2.05) is 7.11 Å². The summed E-state index contributed by atoms with van der Waals surface area (Å²) in [6.45, 7) is 7.36. The minimum absolute atomic E-state index is 0.264. The van der Waals surface area contributed by atoms with E-state index >= 15 is 0 Å². The summed E-state index contributed by atoms with van der Waals surface area (Å²) in [4.78, 5) is 2.71. The van der Waals surface area contributed by atoms with Gasteiger partial charge in [-0.25, -0.2) is 0 Å². The molecule has 3 heteroatoms. The number of nitrogens with zero attached hydrogens (tertiary/aromatic N) is 1. The van der Waals surface area contributed by atoms with Crippen molar-refractivity contribution in [3.05, 3.63) is 0 Å². The van der Waals surface area contributed by atoms with Crippen LogP contribution in [0.1, 0.15) is 46.0 Å². The summed E-state index contributed by atoms with van der Waals surface area (Å²) in [7, 11) is 1.81. The van der Waals surface area contributed by atoms with Gasteiger partial charge in [0.05, 0.1) is 6.61 Å². The molecular formula is C17H32N2O. The molecule has 0 saturated heterocycles. The first kappa shape index (κ1) is 14.8. The van der Waals surface area contributed by atoms with Gasteiger partial charge in [-0.1, -0.05) is 0 Å². The molecule has 4 bridgehead atoms. The van der Waals surface area contributed by atoms with Crippen molar-refractivity contribution in [2.75, 3.05) is 26.8 Å². The Morgan fingerprint density at radius 2 is 1.65 bits per heavy atom. The van der Waals surface area contributed by atoms with Crippen LogP contribution in [0.3, 0.4) is 0 Å². The average Bonchev–Trinajstić information content (AvgIpc) is 2.41. The Hall–Kier alpha value is -0.120. The molecule has 116 valence electrons. The third-order valence-corrected chi connectivity index (χ3v) is 6.57. The Labute approximate surface area is 124 Å². The van der Waals surface area contributed by atoms with Gasteiger partial charge in [0, 0.05) is 31.8 Å². The lowest BCUT2D eigenvalue weighted by molar-refractivity contribution is -0.144. The molecule has 0 spiro atoms. The molecule has 0 aromatic carbocycles. The molecule has 2 N–H and O–H groups in total. The molecule has 20 heavy (non-hydrogen) atoms. The van der Waals surface area contributed by atoms with Crippen LogP contribution in [-0.2, 0) is 4.74 Å². The summed E-state index contributed by atoms with van der Waals surface area (Å²) in [5.41, 5.74) is 6.68. The van der Waals surface area contributed by atoms with Gasteiger partial charge in [-0.15, -0.1) is 0 Å². The first-order chi connectivity index (χ1) is 9.61. The first-order valence-corrected chi connectivity index (χ1v) is 8.57. The Morgan fingerprint density at radius 1 is 1.10 bits per heavy atom. The fourth-order valence-electron chi connectivity index (χ4n) is 6.06. The molecule has 4 aliphatic carbocycles. The van der Waals surface area contributed by atoms with Gasteiger partial charge in [0.1, 0.15) is 0 Å². The zero-order valence-corrected chi connectivity index (χ0v) is 13.5. The monoisotopic (exact) mass is 280 g/mol. The van der Waals surface area contributed by atoms with Gasteiger partial charge in [-0.2, -0.15) is 0 Å². The van der Waals surface area contributed by atoms with E-state index in [2.05, 4.69) is 18.7 Å². The molecule has 0 aliphatic heterocycles. The van der Waals surface area contributed by atoms with Crippen LogP contribution in [0, 0.1) is 23.7 Å². The molecule has 4 aliphatic rings. The lowest BCUT2D eigenvalue weighted by Gasteiger charge is -2.65. The zero-order valence-electron chi connectivity index (χ0n) is 13.5. The number of ether oxygens (including phenoxy) is 1. The minimum atomic E-state index is 0.264. The van der Waals surface area contributed by atoms with Gasteiger partial charge in [0.2, 0.25) is 0 Å². The van der Waals surface area contributed by atoms with Crippen molar-refractivity contribution in [3.63, 3.8) is 0 Å². The van der Waals surface area contributed by atoms with E-state index in [1.54, 1.807) is 0 Å². The third kappa shape index (κ3) is 2.13. The highest BCUT2D eigenvalue weighted by molar-refractivity contribution is 5.13. The fraction of sp³-hybridized carbons (Fsp3) is 1.00. The predicted octanol–water partition coefficient (Wildman–Crippen LogP) is 2.50. The Bertz CT molecular complexity index is 314. The second kappa shape index (κ2) is 5.58. The van der Waals surface area contributed by atoms with Crippen LogP contribution in [0.25, 0.3) is 0 Å². The quantitative estimate of drug-likeness (QED) is 0.812. The molecule has 0 radical (unpaired) electrons. The zero-order chi connectivity index (χ0) is 14.3. The smallest absolute Gasteiger partial charge is 0.0590 e. The SMILES string of the molecule is COCCN(C(C)C)C1(CN)C2CC3CC(C2)CC1C3. The van der Waals surface area contributed by atoms with Crippen molar-refractivity contribution in [2.45, 2.75) is 57.5 Å². The van der Waals surface area contributed by atoms with Crippen molar-refractivity contribution in [2.24, 2.45) is 29.4 Å². The predicted molar refractivity (Wildman–Crippen MR) is 82.5 cm³/mol. The lowest BCUT2D eigenvalue weighted by Crippen LogP contribution is -2.70. The third-order valence-electron chi connectivity index (χ3n) is 6.57. The van der Waals surface area contributed by atoms with E-state index in [0.29, 0.717) is 6.04 Å². The Morgan fingerprint density at radius 3 is 2.05 bits per heavy atom. The van der Waals surface area contributed by atoms with E-state index in [0.717, 1.165) is 43.4 Å². The molecule has 4 fully saturated rings. The van der Waals surface area contributed by atoms with E-state index in [1.165, 1.54) is 32.1 Å². The Kier molecular flexibility index (Phi) is 4.13. The molecular weight excluding hydrogens is 248 g/mol. The number of hydrogen-bond donors (Lipinski definition) is 1. The molecule has 0 aromatic heterocycles. The maximum Gasteiger partial charge on any atom is 0.0590 e. The van der Waals surface area contributed by atoms with Crippen LogP contribution in [-0.4, -0.2) is 43.3 Å². The largest absolute Gasteiger partial charge is 0.383 e. The van der Waals surface area contributed by atoms with E-state index < -0.39 is 0 Å². The summed E-state index contributed by atoms with van der Waals surface area (Å²) in [6.07, 6.45) is 7.23. The van der Waals surface area contributed by atoms with Crippen LogP contribution >= 0.6 is 0 Å². The van der Waals surface area contributed by atoms with Crippen molar-refractivity contribution in [1.82, 2.24) is 4.90 Å². The topological polar surface area (TPSA) is 38.5 Å². The van der Waals surface area contributed by atoms with Crippen LogP contribution in [0.15, 0.2) is 0 Å². The molecule has 4 saturated carbocycles. The summed E-state index contributed by atoms with van der Waals surface area (Å²) in [5.74, 6) is 3.69. The van der Waals surface area contributed by atoms with Crippen LogP contribution < -0.4 is 5.73 Å². The second-order valence-electron chi connectivity index (χ2n) is 7.78. The van der Waals surface area contributed by atoms with Gasteiger partial charge in [0.25, 0.3) is 0 Å². The van der Waals surface area contributed by atoms with Crippen LogP contribution in [0.2, 0.25) is 0 Å². The summed E-state index contributed by atoms with van der Waals surface area (Å²) < 4.78 is 5.37. The van der Waals surface area contributed by atoms with Crippen LogP contribution in [0.5, 0.6) is 0 Å². The molecule has 0 unspecified atom stereocenters. The molecule has 0 heterocycles. The highest BCUT2D eigenvalue weighted by Gasteiger charge is 2.59. The van der Waals surface area contributed by atoms with Crippen molar-refractivity contribution >= 4 is 0 Å². The van der Waals surface area contributed by atoms with Crippen molar-refractivity contribution in [3.8, 4) is 0 Å². The van der Waals surface area contributed by atoms with E-state index in [4.69, 9.17) is 10.5 Å². The van der Waals surface area contributed by atoms with Gasteiger partial charge >= 0.3 is 0 Å². The van der Waals surface area contributed by atoms with Crippen LogP contribution in [0.4, 0.5) is 0 Å². The summed E-state index contributed by atoms with van der Waals surface area (Å²) in [6, 6.07) is 0.561. The normalized spacial score (nSPS) is 42.9. The highest BCUT2D eigenvalue weighted by Crippen LogP contribution is 2.60. The van der Waals surface area contributed by atoms with E-state index in [-0.39, 0.29) is 5.54 Å². The molecule has 0 amide bonds. The highest BCUT2D eigenvalue weighted by atomic mass is 16.5. The number of hydrogen-bond acceptors (Lipinski definition) is 3. The minimum Gasteiger partial charge on any atom is -0.383 e. The Balaban J connectivity index is 1.89. The van der Waals surface area contributed by atoms with Gasteiger partial charge < -0.3 is 10.5 Å². The standard InChI is InChI=1S/C17H32N2O/c1-12(2)19(4-5-20-3)17(11-18)15-7-13-6-14(9-15)10-16(17)8-13/h12-16H,4-11,18H2,1-3H3. The van der Waals surface area contributed by atoms with Crippen molar-refractivity contribution in [1.29, 1.82) is 0 Å². The van der Waals surface area contributed by atoms with Gasteiger partial charge in [-0.3, -0.25) is 4.90 Å². The van der Waals surface area contributed by atoms with E-state index in [9.17, 15) is 0 Å². The molecule has 0 atom stereocenters. The second-order valence-corrected chi connectivity index (χ2v) is 7.78. The summed E-state index contributed by atoms with van der Waals surface area (Å²) >= 11 is 0. The van der Waals surface area contributed by atoms with Gasteiger partial charge in [-0.05, 0) is 69.6 Å². The number of rotatable bonds is 6. The van der Waals surface area contributed by atoms with Gasteiger partial charge in [0.15, 0.2) is 0 Å². The maximum absolute atomic E-state index is 6.42. The molecule has 3 nitrogen and oxygen atoms in total.